The molecule has 0 atom stereocenters. The molecule has 0 fully saturated rings. The van der Waals surface area contributed by atoms with Gasteiger partial charge in [0, 0.05) is 13.7 Å². The summed E-state index contributed by atoms with van der Waals surface area (Å²) in [7, 11) is 1.61. The van der Waals surface area contributed by atoms with E-state index < -0.39 is 11.7 Å². The van der Waals surface area contributed by atoms with Crippen molar-refractivity contribution >= 4 is 6.09 Å². The summed E-state index contributed by atoms with van der Waals surface area (Å²) >= 11 is 0. The lowest BCUT2D eigenvalue weighted by Crippen LogP contribution is -2.32. The molecule has 5 heteroatoms. The summed E-state index contributed by atoms with van der Waals surface area (Å²) in [6.45, 7) is 6.70. The van der Waals surface area contributed by atoms with E-state index in [1.54, 1.807) is 19.2 Å². The van der Waals surface area contributed by atoms with E-state index in [4.69, 9.17) is 20.6 Å². The van der Waals surface area contributed by atoms with Gasteiger partial charge >= 0.3 is 6.09 Å². The number of carbonyl (C=O) groups excluding carboxylic acids is 1. The van der Waals surface area contributed by atoms with Gasteiger partial charge in [0.15, 0.2) is 0 Å². The minimum absolute atomic E-state index is 0.335. The molecular weight excluding hydrogens is 282 g/mol. The molecule has 0 bridgehead atoms. The average Bonchev–Trinajstić information content (AvgIpc) is 2.44. The lowest BCUT2D eigenvalue weighted by atomic mass is 10.1. The molecule has 0 spiro atoms. The Kier molecular flexibility index (Phi) is 6.74. The number of hydrogen-bond donors (Lipinski definition) is 1. The van der Waals surface area contributed by atoms with E-state index in [1.807, 2.05) is 26.8 Å². The fourth-order valence-electron chi connectivity index (χ4n) is 1.65. The van der Waals surface area contributed by atoms with E-state index in [9.17, 15) is 4.79 Å². The average molecular weight is 305 g/mol. The van der Waals surface area contributed by atoms with Crippen LogP contribution in [-0.4, -0.2) is 32.0 Å². The van der Waals surface area contributed by atoms with Crippen LogP contribution >= 0.6 is 0 Å². The van der Waals surface area contributed by atoms with Gasteiger partial charge in [-0.25, -0.2) is 4.79 Å². The topological polar surface area (TPSA) is 56.8 Å². The van der Waals surface area contributed by atoms with Crippen molar-refractivity contribution in [2.24, 2.45) is 0 Å². The van der Waals surface area contributed by atoms with Crippen molar-refractivity contribution < 1.29 is 19.0 Å². The zero-order chi connectivity index (χ0) is 16.6. The van der Waals surface area contributed by atoms with Crippen LogP contribution in [0.5, 0.6) is 5.75 Å². The predicted octanol–water partition coefficient (Wildman–Crippen LogP) is 2.72. The number of terminal acetylenes is 1. The van der Waals surface area contributed by atoms with Gasteiger partial charge in [0.25, 0.3) is 0 Å². The van der Waals surface area contributed by atoms with Crippen LogP contribution in [-0.2, 0) is 16.0 Å². The first-order valence-corrected chi connectivity index (χ1v) is 7.04. The molecule has 5 nitrogen and oxygen atoms in total. The van der Waals surface area contributed by atoms with Crippen LogP contribution in [0.25, 0.3) is 0 Å². The van der Waals surface area contributed by atoms with E-state index in [-0.39, 0.29) is 0 Å². The van der Waals surface area contributed by atoms with Gasteiger partial charge < -0.3 is 19.5 Å². The minimum atomic E-state index is -0.521. The molecule has 0 radical (unpaired) electrons. The Morgan fingerprint density at radius 1 is 1.32 bits per heavy atom. The zero-order valence-electron chi connectivity index (χ0n) is 13.6. The Morgan fingerprint density at radius 2 is 2.05 bits per heavy atom. The van der Waals surface area contributed by atoms with Gasteiger partial charge in [0.05, 0.1) is 12.2 Å². The molecule has 1 amide bonds. The maximum Gasteiger partial charge on any atom is 0.407 e. The van der Waals surface area contributed by atoms with Crippen LogP contribution in [0.4, 0.5) is 4.79 Å². The molecule has 0 unspecified atom stereocenters. The van der Waals surface area contributed by atoms with E-state index in [1.165, 1.54) is 0 Å². The fraction of sp³-hybridized carbons (Fsp3) is 0.471. The fourth-order valence-corrected chi connectivity index (χ4v) is 1.65. The Morgan fingerprint density at radius 3 is 2.64 bits per heavy atom. The number of hydrogen-bond acceptors (Lipinski definition) is 4. The van der Waals surface area contributed by atoms with Crippen molar-refractivity contribution in [1.82, 2.24) is 5.32 Å². The summed E-state index contributed by atoms with van der Waals surface area (Å²) < 4.78 is 15.6. The largest absolute Gasteiger partial charge is 0.490 e. The van der Waals surface area contributed by atoms with E-state index in [0.29, 0.717) is 31.1 Å². The van der Waals surface area contributed by atoms with Crippen LogP contribution in [0.15, 0.2) is 18.2 Å². The van der Waals surface area contributed by atoms with Gasteiger partial charge in [-0.2, -0.15) is 0 Å². The van der Waals surface area contributed by atoms with Crippen molar-refractivity contribution in [1.29, 1.82) is 0 Å². The van der Waals surface area contributed by atoms with E-state index >= 15 is 0 Å². The number of nitrogens with one attached hydrogen (secondary N) is 1. The highest BCUT2D eigenvalue weighted by Gasteiger charge is 2.15. The summed E-state index contributed by atoms with van der Waals surface area (Å²) in [5.74, 6) is 3.20. The molecule has 0 saturated carbocycles. The number of alkyl carbamates (subject to hydrolysis) is 1. The second kappa shape index (κ2) is 8.30. The summed E-state index contributed by atoms with van der Waals surface area (Å²) in [5, 5.41) is 2.69. The highest BCUT2D eigenvalue weighted by molar-refractivity contribution is 5.67. The number of carbonyl (C=O) groups is 1. The van der Waals surface area contributed by atoms with E-state index in [2.05, 4.69) is 11.2 Å². The maximum absolute atomic E-state index is 11.6. The molecule has 120 valence electrons. The van der Waals surface area contributed by atoms with Gasteiger partial charge in [-0.1, -0.05) is 12.0 Å². The highest BCUT2D eigenvalue weighted by Crippen LogP contribution is 2.19. The highest BCUT2D eigenvalue weighted by atomic mass is 16.6. The Hall–Kier alpha value is -2.19. The molecular formula is C17H23NO4. The first kappa shape index (κ1) is 17.9. The smallest absolute Gasteiger partial charge is 0.407 e. The Labute approximate surface area is 131 Å². The quantitative estimate of drug-likeness (QED) is 0.648. The van der Waals surface area contributed by atoms with Crippen LogP contribution in [0.2, 0.25) is 0 Å². The van der Waals surface area contributed by atoms with Gasteiger partial charge in [-0.05, 0) is 38.5 Å². The zero-order valence-corrected chi connectivity index (χ0v) is 13.6. The SMILES string of the molecule is C#Cc1cc(CNC(=O)OC(C)(C)C)ccc1OCCOC. The molecule has 0 aromatic heterocycles. The van der Waals surface area contributed by atoms with Gasteiger partial charge in [-0.15, -0.1) is 6.42 Å². The van der Waals surface area contributed by atoms with Crippen LogP contribution in [0.1, 0.15) is 31.9 Å². The van der Waals surface area contributed by atoms with Crippen molar-refractivity contribution in [3.05, 3.63) is 29.3 Å². The van der Waals surface area contributed by atoms with Crippen LogP contribution in [0.3, 0.4) is 0 Å². The lowest BCUT2D eigenvalue weighted by molar-refractivity contribution is 0.0523. The normalized spacial score (nSPS) is 10.7. The van der Waals surface area contributed by atoms with Gasteiger partial charge in [0.1, 0.15) is 18.0 Å². The predicted molar refractivity (Wildman–Crippen MR) is 84.8 cm³/mol. The summed E-state index contributed by atoms with van der Waals surface area (Å²) in [6.07, 6.45) is 5.03. The van der Waals surface area contributed by atoms with Crippen molar-refractivity contribution in [3.8, 4) is 18.1 Å². The maximum atomic E-state index is 11.6. The molecule has 1 rings (SSSR count). The summed E-state index contributed by atoms with van der Waals surface area (Å²) in [6, 6.07) is 5.44. The second-order valence-electron chi connectivity index (χ2n) is 5.67. The number of amides is 1. The number of methoxy groups -OCH3 is 1. The first-order valence-electron chi connectivity index (χ1n) is 7.04. The first-order chi connectivity index (χ1) is 10.4. The van der Waals surface area contributed by atoms with Crippen molar-refractivity contribution in [2.45, 2.75) is 32.9 Å². The molecule has 0 aliphatic carbocycles. The van der Waals surface area contributed by atoms with Gasteiger partial charge in [-0.3, -0.25) is 0 Å². The third-order valence-corrected chi connectivity index (χ3v) is 2.58. The molecule has 0 saturated heterocycles. The Bertz CT molecular complexity index is 541. The number of rotatable bonds is 6. The van der Waals surface area contributed by atoms with Crippen LogP contribution < -0.4 is 10.1 Å². The third kappa shape index (κ3) is 6.51. The minimum Gasteiger partial charge on any atom is -0.490 e. The third-order valence-electron chi connectivity index (χ3n) is 2.58. The molecule has 0 heterocycles. The molecule has 0 aliphatic rings. The number of ether oxygens (including phenoxy) is 3. The second-order valence-corrected chi connectivity index (χ2v) is 5.67. The number of benzene rings is 1. The van der Waals surface area contributed by atoms with Crippen molar-refractivity contribution in [3.63, 3.8) is 0 Å². The molecule has 1 aromatic carbocycles. The standard InChI is InChI=1S/C17H23NO4/c1-6-14-11-13(7-8-15(14)21-10-9-20-5)12-18-16(19)22-17(2,3)4/h1,7-8,11H,9-10,12H2,2-5H3,(H,18,19). The van der Waals surface area contributed by atoms with Crippen molar-refractivity contribution in [2.75, 3.05) is 20.3 Å². The molecule has 0 aliphatic heterocycles. The summed E-state index contributed by atoms with van der Waals surface area (Å²) in [4.78, 5) is 11.6. The monoisotopic (exact) mass is 305 g/mol. The molecule has 22 heavy (non-hydrogen) atoms. The Balaban J connectivity index is 2.62. The molecule has 1 aromatic rings. The summed E-state index contributed by atoms with van der Waals surface area (Å²) in [5.41, 5.74) is 0.991. The van der Waals surface area contributed by atoms with E-state index in [0.717, 1.165) is 5.56 Å². The molecule has 1 N–H and O–H groups in total. The van der Waals surface area contributed by atoms with Crippen LogP contribution in [0, 0.1) is 12.3 Å². The van der Waals surface area contributed by atoms with Gasteiger partial charge in [0.2, 0.25) is 0 Å². The lowest BCUT2D eigenvalue weighted by Gasteiger charge is -2.19.